The van der Waals surface area contributed by atoms with Crippen molar-refractivity contribution in [3.8, 4) is 0 Å². The van der Waals surface area contributed by atoms with E-state index in [0.29, 0.717) is 6.42 Å². The van der Waals surface area contributed by atoms with E-state index in [4.69, 9.17) is 5.11 Å². The van der Waals surface area contributed by atoms with Crippen LogP contribution in [0.15, 0.2) is 0 Å². The zero-order valence-electron chi connectivity index (χ0n) is 9.88. The Morgan fingerprint density at radius 1 is 1.06 bits per heavy atom. The quantitative estimate of drug-likeness (QED) is 0.381. The number of carbonyl (C=O) groups is 2. The topological polar surface area (TPSA) is 54.4 Å². The summed E-state index contributed by atoms with van der Waals surface area (Å²) < 4.78 is 0. The van der Waals surface area contributed by atoms with E-state index in [2.05, 4.69) is 15.9 Å². The van der Waals surface area contributed by atoms with Crippen LogP contribution < -0.4 is 0 Å². The highest BCUT2D eigenvalue weighted by molar-refractivity contribution is 9.09. The number of Topliss-reactive ketones (excluding diaryl/α,β-unsaturated/α-hetero) is 1. The van der Waals surface area contributed by atoms with Gasteiger partial charge in [0.05, 0.1) is 0 Å². The lowest BCUT2D eigenvalue weighted by Crippen LogP contribution is -2.21. The van der Waals surface area contributed by atoms with Gasteiger partial charge >= 0.3 is 5.97 Å². The van der Waals surface area contributed by atoms with E-state index in [1.807, 2.05) is 0 Å². The third kappa shape index (κ3) is 7.85. The Morgan fingerprint density at radius 3 is 2.00 bits per heavy atom. The number of carboxylic acids is 1. The average molecular weight is 293 g/mol. The van der Waals surface area contributed by atoms with Crippen molar-refractivity contribution in [1.82, 2.24) is 0 Å². The van der Waals surface area contributed by atoms with E-state index in [0.717, 1.165) is 24.6 Å². The number of hydrogen-bond acceptors (Lipinski definition) is 2. The molecule has 0 spiro atoms. The number of unbranched alkanes of at least 4 members (excludes halogenated alkanes) is 5. The van der Waals surface area contributed by atoms with Crippen LogP contribution in [0.1, 0.15) is 51.9 Å². The highest BCUT2D eigenvalue weighted by Gasteiger charge is 2.21. The molecule has 94 valence electrons. The third-order valence-corrected chi connectivity index (χ3v) is 3.23. The summed E-state index contributed by atoms with van der Waals surface area (Å²) >= 11 is 3.38. The number of carboxylic acid groups (broad SMARTS) is 1. The molecule has 0 rings (SSSR count). The Kier molecular flexibility index (Phi) is 9.59. The zero-order chi connectivity index (χ0) is 12.4. The van der Waals surface area contributed by atoms with Crippen LogP contribution in [-0.2, 0) is 9.59 Å². The monoisotopic (exact) mass is 292 g/mol. The second kappa shape index (κ2) is 9.82. The highest BCUT2D eigenvalue weighted by atomic mass is 79.9. The fourth-order valence-electron chi connectivity index (χ4n) is 1.65. The summed E-state index contributed by atoms with van der Waals surface area (Å²) in [6.45, 7) is 1.36. The van der Waals surface area contributed by atoms with Crippen LogP contribution in [0.3, 0.4) is 0 Å². The molecular formula is C12H21BrO3. The first-order valence-corrected chi connectivity index (χ1v) is 7.01. The summed E-state index contributed by atoms with van der Waals surface area (Å²) in [5.41, 5.74) is 0. The molecule has 0 fully saturated rings. The Balaban J connectivity index is 3.48. The second-order valence-corrected chi connectivity index (χ2v) is 4.89. The van der Waals surface area contributed by atoms with Crippen LogP contribution in [0.25, 0.3) is 0 Å². The summed E-state index contributed by atoms with van der Waals surface area (Å²) in [5, 5.41) is 9.84. The van der Waals surface area contributed by atoms with Crippen molar-refractivity contribution in [3.63, 3.8) is 0 Å². The molecule has 0 radical (unpaired) electrons. The van der Waals surface area contributed by atoms with Gasteiger partial charge in [0, 0.05) is 5.33 Å². The standard InChI is InChI=1S/C12H21BrO3/c1-10(14)11(12(15)16)8-6-4-2-3-5-7-9-13/h11H,2-9H2,1H3,(H,15,16). The van der Waals surface area contributed by atoms with Crippen LogP contribution in [0.2, 0.25) is 0 Å². The predicted octanol–water partition coefficient (Wildman–Crippen LogP) is 3.40. The third-order valence-electron chi connectivity index (χ3n) is 2.67. The number of ketones is 1. The molecule has 16 heavy (non-hydrogen) atoms. The lowest BCUT2D eigenvalue weighted by molar-refractivity contribution is -0.146. The molecule has 1 unspecified atom stereocenters. The molecule has 1 atom stereocenters. The maximum atomic E-state index is 11.0. The molecular weight excluding hydrogens is 272 g/mol. The van der Waals surface area contributed by atoms with Gasteiger partial charge in [0.1, 0.15) is 11.7 Å². The van der Waals surface area contributed by atoms with Gasteiger partial charge in [0.2, 0.25) is 0 Å². The molecule has 0 saturated carbocycles. The number of halogens is 1. The molecule has 0 aromatic heterocycles. The highest BCUT2D eigenvalue weighted by Crippen LogP contribution is 2.13. The molecule has 0 aromatic rings. The van der Waals surface area contributed by atoms with E-state index in [9.17, 15) is 9.59 Å². The second-order valence-electron chi connectivity index (χ2n) is 4.10. The van der Waals surface area contributed by atoms with Crippen molar-refractivity contribution >= 4 is 27.7 Å². The largest absolute Gasteiger partial charge is 0.481 e. The van der Waals surface area contributed by atoms with Crippen molar-refractivity contribution in [2.45, 2.75) is 51.9 Å². The van der Waals surface area contributed by atoms with Gasteiger partial charge in [-0.1, -0.05) is 48.0 Å². The van der Waals surface area contributed by atoms with E-state index < -0.39 is 11.9 Å². The van der Waals surface area contributed by atoms with Gasteiger partial charge in [-0.2, -0.15) is 0 Å². The van der Waals surface area contributed by atoms with Crippen LogP contribution in [0, 0.1) is 5.92 Å². The normalized spacial score (nSPS) is 12.4. The zero-order valence-corrected chi connectivity index (χ0v) is 11.5. The first-order chi connectivity index (χ1) is 7.59. The summed E-state index contributed by atoms with van der Waals surface area (Å²) in [4.78, 5) is 21.7. The molecule has 0 saturated heterocycles. The minimum Gasteiger partial charge on any atom is -0.481 e. The Morgan fingerprint density at radius 2 is 1.56 bits per heavy atom. The Labute approximate surface area is 106 Å². The first kappa shape index (κ1) is 15.6. The summed E-state index contributed by atoms with van der Waals surface area (Å²) in [6, 6.07) is 0. The summed E-state index contributed by atoms with van der Waals surface area (Å²) in [7, 11) is 0. The molecule has 0 heterocycles. The van der Waals surface area contributed by atoms with E-state index in [1.165, 1.54) is 26.2 Å². The maximum absolute atomic E-state index is 11.0. The van der Waals surface area contributed by atoms with Gasteiger partial charge < -0.3 is 5.11 Å². The average Bonchev–Trinajstić information content (AvgIpc) is 2.21. The van der Waals surface area contributed by atoms with Crippen molar-refractivity contribution in [2.24, 2.45) is 5.92 Å². The fourth-order valence-corrected chi connectivity index (χ4v) is 2.05. The minimum atomic E-state index is -0.980. The molecule has 3 nitrogen and oxygen atoms in total. The molecule has 1 N–H and O–H groups in total. The van der Waals surface area contributed by atoms with Crippen molar-refractivity contribution in [1.29, 1.82) is 0 Å². The minimum absolute atomic E-state index is 0.230. The number of carbonyl (C=O) groups excluding carboxylic acids is 1. The molecule has 0 bridgehead atoms. The molecule has 4 heteroatoms. The van der Waals surface area contributed by atoms with Crippen LogP contribution >= 0.6 is 15.9 Å². The maximum Gasteiger partial charge on any atom is 0.314 e. The van der Waals surface area contributed by atoms with Gasteiger partial charge in [0.25, 0.3) is 0 Å². The SMILES string of the molecule is CC(=O)C(CCCCCCCCBr)C(=O)O. The lowest BCUT2D eigenvalue weighted by atomic mass is 9.97. The van der Waals surface area contributed by atoms with E-state index >= 15 is 0 Å². The van der Waals surface area contributed by atoms with Gasteiger partial charge in [-0.25, -0.2) is 0 Å². The van der Waals surface area contributed by atoms with E-state index in [-0.39, 0.29) is 5.78 Å². The molecule has 0 amide bonds. The van der Waals surface area contributed by atoms with Crippen molar-refractivity contribution in [2.75, 3.05) is 5.33 Å². The molecule has 0 aliphatic rings. The van der Waals surface area contributed by atoms with Crippen LogP contribution in [-0.4, -0.2) is 22.2 Å². The van der Waals surface area contributed by atoms with Gasteiger partial charge in [0.15, 0.2) is 0 Å². The molecule has 0 aliphatic carbocycles. The van der Waals surface area contributed by atoms with E-state index in [1.54, 1.807) is 0 Å². The number of aliphatic carboxylic acids is 1. The summed E-state index contributed by atoms with van der Waals surface area (Å²) in [6.07, 6.45) is 7.11. The van der Waals surface area contributed by atoms with Gasteiger partial charge in [-0.05, 0) is 19.8 Å². The van der Waals surface area contributed by atoms with Crippen molar-refractivity contribution < 1.29 is 14.7 Å². The van der Waals surface area contributed by atoms with Crippen molar-refractivity contribution in [3.05, 3.63) is 0 Å². The number of rotatable bonds is 10. The van der Waals surface area contributed by atoms with Gasteiger partial charge in [-0.3, -0.25) is 9.59 Å². The predicted molar refractivity (Wildman–Crippen MR) is 67.9 cm³/mol. The summed E-state index contributed by atoms with van der Waals surface area (Å²) in [5.74, 6) is -2.00. The number of alkyl halides is 1. The number of hydrogen-bond donors (Lipinski definition) is 1. The smallest absolute Gasteiger partial charge is 0.314 e. The molecule has 0 aromatic carbocycles. The first-order valence-electron chi connectivity index (χ1n) is 5.88. The van der Waals surface area contributed by atoms with Crippen LogP contribution in [0.5, 0.6) is 0 Å². The van der Waals surface area contributed by atoms with Gasteiger partial charge in [-0.15, -0.1) is 0 Å². The lowest BCUT2D eigenvalue weighted by Gasteiger charge is -2.07. The van der Waals surface area contributed by atoms with Crippen LogP contribution in [0.4, 0.5) is 0 Å². The molecule has 0 aliphatic heterocycles. The Bertz CT molecular complexity index is 202. The Hall–Kier alpha value is -0.380. The fraction of sp³-hybridized carbons (Fsp3) is 0.833.